The summed E-state index contributed by atoms with van der Waals surface area (Å²) >= 11 is 6.18. The third-order valence-corrected chi connectivity index (χ3v) is 9.31. The summed E-state index contributed by atoms with van der Waals surface area (Å²) in [6.07, 6.45) is -2.26. The fourth-order valence-corrected chi connectivity index (χ4v) is 7.99. The molecule has 11 heteroatoms. The van der Waals surface area contributed by atoms with E-state index in [-0.39, 0.29) is 0 Å². The van der Waals surface area contributed by atoms with Crippen molar-refractivity contribution in [3.05, 3.63) is 34.9 Å². The van der Waals surface area contributed by atoms with Crippen LogP contribution in [0.15, 0.2) is 24.3 Å². The molecule has 0 amide bonds. The summed E-state index contributed by atoms with van der Waals surface area (Å²) in [7, 11) is -8.14. The topological polar surface area (TPSA) is 66.4 Å². The number of hydrogen-bond donors (Lipinski definition) is 1. The molecule has 6 nitrogen and oxygen atoms in total. The molecule has 0 aromatic heterocycles. The predicted molar refractivity (Wildman–Crippen MR) is 154 cm³/mol. The van der Waals surface area contributed by atoms with E-state index >= 15 is 0 Å². The second-order valence-corrected chi connectivity index (χ2v) is 31.7. The molecule has 1 aromatic rings. The first-order valence-electron chi connectivity index (χ1n) is 12.4. The van der Waals surface area contributed by atoms with Gasteiger partial charge in [-0.15, -0.1) is 0 Å². The number of aliphatic hydroxyl groups is 1. The standard InChI is InChI=1S/C24H47ClO6Si4/c1-32(2,3)27-17-20-21(29-33(4,5)6)22(30-34(7,8)9)23(31-35(10,11)12)24(26,28-20)18-13-15-19(25)16-14-18/h13-16,20-23,26H,17H2,1-12H3/t20-,21-,22+,23-,24+/m1/s1. The monoisotopic (exact) mass is 578 g/mol. The minimum atomic E-state index is -2.15. The van der Waals surface area contributed by atoms with Gasteiger partial charge in [0.25, 0.3) is 0 Å². The van der Waals surface area contributed by atoms with Crippen molar-refractivity contribution >= 4 is 44.9 Å². The number of benzene rings is 1. The van der Waals surface area contributed by atoms with Gasteiger partial charge in [0.1, 0.15) is 24.4 Å². The summed E-state index contributed by atoms with van der Waals surface area (Å²) in [5.41, 5.74) is 0.582. The van der Waals surface area contributed by atoms with Crippen molar-refractivity contribution < 1.29 is 27.5 Å². The SMILES string of the molecule is C[Si](C)(C)OC[C@H]1O[C@@](O)(c2ccc(Cl)cc2)[C@H](O[Si](C)(C)C)[C@@H](O[Si](C)(C)C)[C@@H]1O[Si](C)(C)C. The van der Waals surface area contributed by atoms with Crippen molar-refractivity contribution in [2.24, 2.45) is 0 Å². The Bertz CT molecular complexity index is 829. The van der Waals surface area contributed by atoms with Crippen LogP contribution in [0.25, 0.3) is 0 Å². The molecule has 1 fully saturated rings. The van der Waals surface area contributed by atoms with Crippen LogP contribution >= 0.6 is 11.6 Å². The summed E-state index contributed by atoms with van der Waals surface area (Å²) in [6.45, 7) is 26.0. The minimum Gasteiger partial charge on any atom is -0.415 e. The maximum absolute atomic E-state index is 12.3. The van der Waals surface area contributed by atoms with Crippen LogP contribution in [0.1, 0.15) is 5.56 Å². The Morgan fingerprint density at radius 1 is 0.743 bits per heavy atom. The van der Waals surface area contributed by atoms with E-state index in [0.29, 0.717) is 17.2 Å². The van der Waals surface area contributed by atoms with Gasteiger partial charge in [-0.05, 0) is 90.7 Å². The molecule has 0 aliphatic carbocycles. The van der Waals surface area contributed by atoms with Gasteiger partial charge in [0.05, 0.1) is 6.61 Å². The Morgan fingerprint density at radius 3 is 1.63 bits per heavy atom. The van der Waals surface area contributed by atoms with E-state index in [2.05, 4.69) is 78.6 Å². The van der Waals surface area contributed by atoms with Gasteiger partial charge < -0.3 is 27.5 Å². The van der Waals surface area contributed by atoms with Crippen LogP contribution in [0.3, 0.4) is 0 Å². The molecule has 1 aromatic carbocycles. The Kier molecular flexibility index (Phi) is 9.94. The van der Waals surface area contributed by atoms with Crippen molar-refractivity contribution in [3.63, 3.8) is 0 Å². The number of halogens is 1. The molecule has 5 atom stereocenters. The van der Waals surface area contributed by atoms with Crippen LogP contribution in [-0.2, 0) is 28.2 Å². The van der Waals surface area contributed by atoms with Gasteiger partial charge in [-0.3, -0.25) is 0 Å². The van der Waals surface area contributed by atoms with Crippen LogP contribution in [0.4, 0.5) is 0 Å². The quantitative estimate of drug-likeness (QED) is 0.324. The van der Waals surface area contributed by atoms with Gasteiger partial charge in [0.15, 0.2) is 33.3 Å². The molecule has 0 saturated carbocycles. The summed E-state index contributed by atoms with van der Waals surface area (Å²) in [5, 5.41) is 12.9. The van der Waals surface area contributed by atoms with Crippen LogP contribution in [-0.4, -0.2) is 69.4 Å². The molecule has 0 spiro atoms. The highest BCUT2D eigenvalue weighted by atomic mass is 35.5. The molecule has 1 heterocycles. The van der Waals surface area contributed by atoms with Crippen molar-refractivity contribution in [2.75, 3.05) is 6.61 Å². The highest BCUT2D eigenvalue weighted by molar-refractivity contribution is 6.71. The van der Waals surface area contributed by atoms with Crippen LogP contribution in [0.2, 0.25) is 83.6 Å². The Labute approximate surface area is 222 Å². The Balaban J connectivity index is 2.71. The Hall–Kier alpha value is 0.138. The fourth-order valence-electron chi connectivity index (χ4n) is 3.97. The molecule has 1 aliphatic heterocycles. The fraction of sp³-hybridized carbons (Fsp3) is 0.750. The van der Waals surface area contributed by atoms with Gasteiger partial charge in [-0.1, -0.05) is 23.7 Å². The number of rotatable bonds is 10. The summed E-state index contributed by atoms with van der Waals surface area (Å²) in [5.74, 6) is -1.75. The van der Waals surface area contributed by atoms with E-state index in [1.807, 2.05) is 0 Å². The van der Waals surface area contributed by atoms with Gasteiger partial charge in [-0.25, -0.2) is 0 Å². The first-order chi connectivity index (χ1) is 15.6. The lowest BCUT2D eigenvalue weighted by Gasteiger charge is -2.54. The second kappa shape index (κ2) is 11.1. The van der Waals surface area contributed by atoms with E-state index in [4.69, 9.17) is 34.0 Å². The van der Waals surface area contributed by atoms with Gasteiger partial charge in [-0.2, -0.15) is 0 Å². The first kappa shape index (κ1) is 31.4. The zero-order valence-corrected chi connectivity index (χ0v) is 28.4. The van der Waals surface area contributed by atoms with E-state index in [9.17, 15) is 5.11 Å². The van der Waals surface area contributed by atoms with Crippen molar-refractivity contribution in [1.29, 1.82) is 0 Å². The lowest BCUT2D eigenvalue weighted by molar-refractivity contribution is -0.348. The van der Waals surface area contributed by atoms with Crippen molar-refractivity contribution in [3.8, 4) is 0 Å². The Morgan fingerprint density at radius 2 is 1.20 bits per heavy atom. The summed E-state index contributed by atoms with van der Waals surface area (Å²) in [6, 6.07) is 7.11. The third kappa shape index (κ3) is 9.75. The molecule has 1 saturated heterocycles. The largest absolute Gasteiger partial charge is 0.415 e. The number of ether oxygens (including phenoxy) is 1. The van der Waals surface area contributed by atoms with E-state index in [1.165, 1.54) is 0 Å². The van der Waals surface area contributed by atoms with Crippen molar-refractivity contribution in [1.82, 2.24) is 0 Å². The normalized spacial score (nSPS) is 28.9. The van der Waals surface area contributed by atoms with Crippen LogP contribution in [0, 0.1) is 0 Å². The molecular weight excluding hydrogens is 532 g/mol. The minimum absolute atomic E-state index is 0.312. The average Bonchev–Trinajstić information content (AvgIpc) is 2.62. The lowest BCUT2D eigenvalue weighted by Crippen LogP contribution is -2.69. The molecule has 0 unspecified atom stereocenters. The maximum Gasteiger partial charge on any atom is 0.221 e. The average molecular weight is 579 g/mol. The second-order valence-electron chi connectivity index (χ2n) is 13.3. The zero-order valence-electron chi connectivity index (χ0n) is 23.7. The van der Waals surface area contributed by atoms with Gasteiger partial charge in [0.2, 0.25) is 5.79 Å². The van der Waals surface area contributed by atoms with E-state index in [1.54, 1.807) is 24.3 Å². The summed E-state index contributed by atoms with van der Waals surface area (Å²) < 4.78 is 33.2. The predicted octanol–water partition coefficient (Wildman–Crippen LogP) is 6.40. The number of hydrogen-bond acceptors (Lipinski definition) is 6. The smallest absolute Gasteiger partial charge is 0.221 e. The molecule has 1 N–H and O–H groups in total. The van der Waals surface area contributed by atoms with Gasteiger partial charge >= 0.3 is 0 Å². The highest BCUT2D eigenvalue weighted by Gasteiger charge is 2.59. The lowest BCUT2D eigenvalue weighted by atomic mass is 9.88. The van der Waals surface area contributed by atoms with Crippen molar-refractivity contribution in [2.45, 2.75) is 109 Å². The molecule has 202 valence electrons. The summed E-state index contributed by atoms with van der Waals surface area (Å²) in [4.78, 5) is 0. The van der Waals surface area contributed by atoms with Gasteiger partial charge in [0, 0.05) is 10.6 Å². The van der Waals surface area contributed by atoms with E-state index < -0.39 is 63.5 Å². The van der Waals surface area contributed by atoms with Crippen LogP contribution in [0.5, 0.6) is 0 Å². The zero-order chi connectivity index (χ0) is 27.0. The molecule has 1 aliphatic rings. The first-order valence-corrected chi connectivity index (χ1v) is 26.4. The molecule has 0 bridgehead atoms. The highest BCUT2D eigenvalue weighted by Crippen LogP contribution is 2.43. The third-order valence-electron chi connectivity index (χ3n) is 5.10. The molecule has 0 radical (unpaired) electrons. The molecular formula is C24H47ClO6Si4. The van der Waals surface area contributed by atoms with E-state index in [0.717, 1.165) is 0 Å². The van der Waals surface area contributed by atoms with Crippen LogP contribution < -0.4 is 0 Å². The maximum atomic E-state index is 12.3. The molecule has 2 rings (SSSR count). The molecule has 35 heavy (non-hydrogen) atoms.